The Balaban J connectivity index is 2.46. The highest BCUT2D eigenvalue weighted by Gasteiger charge is 2.08. The fourth-order valence-corrected chi connectivity index (χ4v) is 1.66. The van der Waals surface area contributed by atoms with Crippen molar-refractivity contribution in [1.82, 2.24) is 10.3 Å². The Morgan fingerprint density at radius 3 is 2.71 bits per heavy atom. The van der Waals surface area contributed by atoms with E-state index in [0.717, 1.165) is 5.69 Å². The monoisotopic (exact) mass is 192 g/mol. The van der Waals surface area contributed by atoms with Crippen molar-refractivity contribution in [1.29, 1.82) is 0 Å². The summed E-state index contributed by atoms with van der Waals surface area (Å²) >= 11 is 0. The molecule has 1 heterocycles. The average Bonchev–Trinajstić information content (AvgIpc) is 2.19. The van der Waals surface area contributed by atoms with Gasteiger partial charge in [-0.05, 0) is 32.4 Å². The van der Waals surface area contributed by atoms with Crippen molar-refractivity contribution < 1.29 is 0 Å². The Kier molecular flexibility index (Phi) is 4.60. The zero-order valence-electron chi connectivity index (χ0n) is 9.33. The second kappa shape index (κ2) is 5.76. The molecule has 0 aliphatic heterocycles. The molecule has 1 unspecified atom stereocenters. The highest BCUT2D eigenvalue weighted by Crippen LogP contribution is 2.10. The van der Waals surface area contributed by atoms with Crippen molar-refractivity contribution in [2.45, 2.75) is 45.7 Å². The summed E-state index contributed by atoms with van der Waals surface area (Å²) in [6.07, 6.45) is 4.29. The Labute approximate surface area is 86.8 Å². The van der Waals surface area contributed by atoms with Crippen molar-refractivity contribution in [3.05, 3.63) is 30.1 Å². The van der Waals surface area contributed by atoms with Gasteiger partial charge >= 0.3 is 0 Å². The normalized spacial score (nSPS) is 15.1. The van der Waals surface area contributed by atoms with Crippen LogP contribution >= 0.6 is 0 Å². The Hall–Kier alpha value is -0.890. The second-order valence-electron chi connectivity index (χ2n) is 3.83. The standard InChI is InChI=1S/C12H20N2/c1-4-7-10(2)14-11(3)12-8-5-6-9-13-12/h5-6,8-11,14H,4,7H2,1-3H3/t10?,11-/m1/s1. The fraction of sp³-hybridized carbons (Fsp3) is 0.583. The maximum atomic E-state index is 4.33. The molecule has 0 aliphatic rings. The Bertz CT molecular complexity index is 246. The molecular weight excluding hydrogens is 172 g/mol. The summed E-state index contributed by atoms with van der Waals surface area (Å²) in [4.78, 5) is 4.33. The van der Waals surface area contributed by atoms with Gasteiger partial charge in [0.05, 0.1) is 5.69 Å². The van der Waals surface area contributed by atoms with Gasteiger partial charge in [0, 0.05) is 18.3 Å². The zero-order valence-corrected chi connectivity index (χ0v) is 9.33. The second-order valence-corrected chi connectivity index (χ2v) is 3.83. The van der Waals surface area contributed by atoms with Crippen LogP contribution in [0, 0.1) is 0 Å². The molecule has 0 saturated heterocycles. The van der Waals surface area contributed by atoms with E-state index in [9.17, 15) is 0 Å². The van der Waals surface area contributed by atoms with Crippen molar-refractivity contribution >= 4 is 0 Å². The van der Waals surface area contributed by atoms with Crippen LogP contribution in [0.1, 0.15) is 45.3 Å². The van der Waals surface area contributed by atoms with E-state index in [-0.39, 0.29) is 0 Å². The summed E-state index contributed by atoms with van der Waals surface area (Å²) in [5, 5.41) is 3.53. The predicted octanol–water partition coefficient (Wildman–Crippen LogP) is 2.92. The molecular formula is C12H20N2. The lowest BCUT2D eigenvalue weighted by molar-refractivity contribution is 0.447. The quantitative estimate of drug-likeness (QED) is 0.776. The number of nitrogens with one attached hydrogen (secondary N) is 1. The van der Waals surface area contributed by atoms with E-state index in [1.807, 2.05) is 18.3 Å². The molecule has 2 atom stereocenters. The van der Waals surface area contributed by atoms with Crippen molar-refractivity contribution in [2.75, 3.05) is 0 Å². The number of nitrogens with zero attached hydrogens (tertiary/aromatic N) is 1. The SMILES string of the molecule is CCCC(C)N[C@H](C)c1ccccn1. The maximum Gasteiger partial charge on any atom is 0.0570 e. The molecule has 0 bridgehead atoms. The van der Waals surface area contributed by atoms with Crippen LogP contribution in [-0.2, 0) is 0 Å². The molecule has 0 aliphatic carbocycles. The van der Waals surface area contributed by atoms with Crippen LogP contribution in [0.3, 0.4) is 0 Å². The van der Waals surface area contributed by atoms with Gasteiger partial charge in [0.25, 0.3) is 0 Å². The Morgan fingerprint density at radius 2 is 2.14 bits per heavy atom. The average molecular weight is 192 g/mol. The maximum absolute atomic E-state index is 4.33. The van der Waals surface area contributed by atoms with Gasteiger partial charge in [0.2, 0.25) is 0 Å². The molecule has 2 nitrogen and oxygen atoms in total. The first-order chi connectivity index (χ1) is 6.74. The zero-order chi connectivity index (χ0) is 10.4. The van der Waals surface area contributed by atoms with E-state index < -0.39 is 0 Å². The molecule has 0 spiro atoms. The molecule has 1 aromatic heterocycles. The number of pyridine rings is 1. The summed E-state index contributed by atoms with van der Waals surface area (Å²) in [5.41, 5.74) is 1.12. The lowest BCUT2D eigenvalue weighted by Gasteiger charge is -2.18. The van der Waals surface area contributed by atoms with E-state index in [0.29, 0.717) is 12.1 Å². The molecule has 78 valence electrons. The topological polar surface area (TPSA) is 24.9 Å². The van der Waals surface area contributed by atoms with E-state index in [1.54, 1.807) is 0 Å². The third-order valence-electron chi connectivity index (χ3n) is 2.39. The molecule has 2 heteroatoms. The summed E-state index contributed by atoms with van der Waals surface area (Å²) in [7, 11) is 0. The molecule has 0 fully saturated rings. The van der Waals surface area contributed by atoms with Gasteiger partial charge in [-0.2, -0.15) is 0 Å². The van der Waals surface area contributed by atoms with Gasteiger partial charge in [-0.25, -0.2) is 0 Å². The number of hydrogen-bond donors (Lipinski definition) is 1. The molecule has 0 radical (unpaired) electrons. The molecule has 1 aromatic rings. The van der Waals surface area contributed by atoms with E-state index in [2.05, 4.69) is 37.1 Å². The van der Waals surface area contributed by atoms with Crippen molar-refractivity contribution in [2.24, 2.45) is 0 Å². The van der Waals surface area contributed by atoms with Gasteiger partial charge in [0.15, 0.2) is 0 Å². The van der Waals surface area contributed by atoms with Crippen LogP contribution in [0.4, 0.5) is 0 Å². The van der Waals surface area contributed by atoms with Crippen molar-refractivity contribution in [3.8, 4) is 0 Å². The highest BCUT2D eigenvalue weighted by molar-refractivity contribution is 5.07. The van der Waals surface area contributed by atoms with Gasteiger partial charge in [-0.1, -0.05) is 19.4 Å². The van der Waals surface area contributed by atoms with E-state index in [1.165, 1.54) is 12.8 Å². The van der Waals surface area contributed by atoms with Crippen LogP contribution in [-0.4, -0.2) is 11.0 Å². The van der Waals surface area contributed by atoms with Gasteiger partial charge in [-0.15, -0.1) is 0 Å². The minimum atomic E-state index is 0.345. The summed E-state index contributed by atoms with van der Waals surface area (Å²) in [6.45, 7) is 6.60. The summed E-state index contributed by atoms with van der Waals surface area (Å²) in [5.74, 6) is 0. The third kappa shape index (κ3) is 3.46. The van der Waals surface area contributed by atoms with Crippen LogP contribution < -0.4 is 5.32 Å². The minimum Gasteiger partial charge on any atom is -0.306 e. The fourth-order valence-electron chi connectivity index (χ4n) is 1.66. The third-order valence-corrected chi connectivity index (χ3v) is 2.39. The molecule has 14 heavy (non-hydrogen) atoms. The highest BCUT2D eigenvalue weighted by atomic mass is 15.0. The predicted molar refractivity (Wildman–Crippen MR) is 60.2 cm³/mol. The molecule has 0 amide bonds. The summed E-state index contributed by atoms with van der Waals surface area (Å²) < 4.78 is 0. The first-order valence-electron chi connectivity index (χ1n) is 5.41. The minimum absolute atomic E-state index is 0.345. The van der Waals surface area contributed by atoms with Gasteiger partial charge in [-0.3, -0.25) is 4.98 Å². The Morgan fingerprint density at radius 1 is 1.36 bits per heavy atom. The first-order valence-corrected chi connectivity index (χ1v) is 5.41. The smallest absolute Gasteiger partial charge is 0.0570 e. The molecule has 0 aromatic carbocycles. The number of hydrogen-bond acceptors (Lipinski definition) is 2. The van der Waals surface area contributed by atoms with E-state index in [4.69, 9.17) is 0 Å². The van der Waals surface area contributed by atoms with Crippen LogP contribution in [0.2, 0.25) is 0 Å². The summed E-state index contributed by atoms with van der Waals surface area (Å²) in [6, 6.07) is 6.96. The van der Waals surface area contributed by atoms with Gasteiger partial charge in [0.1, 0.15) is 0 Å². The number of rotatable bonds is 5. The lowest BCUT2D eigenvalue weighted by atomic mass is 10.1. The van der Waals surface area contributed by atoms with Crippen molar-refractivity contribution in [3.63, 3.8) is 0 Å². The largest absolute Gasteiger partial charge is 0.306 e. The lowest BCUT2D eigenvalue weighted by Crippen LogP contribution is -2.29. The van der Waals surface area contributed by atoms with Crippen LogP contribution in [0.15, 0.2) is 24.4 Å². The molecule has 0 saturated carbocycles. The van der Waals surface area contributed by atoms with Crippen LogP contribution in [0.25, 0.3) is 0 Å². The van der Waals surface area contributed by atoms with Crippen LogP contribution in [0.5, 0.6) is 0 Å². The van der Waals surface area contributed by atoms with E-state index >= 15 is 0 Å². The molecule has 1 rings (SSSR count). The number of aromatic nitrogens is 1. The van der Waals surface area contributed by atoms with Gasteiger partial charge < -0.3 is 5.32 Å². The first kappa shape index (κ1) is 11.2. The molecule has 1 N–H and O–H groups in total.